The minimum absolute atomic E-state index is 0.113. The maximum atomic E-state index is 12.6. The smallest absolute Gasteiger partial charge is 0.344 e. The van der Waals surface area contributed by atoms with Gasteiger partial charge in [-0.2, -0.15) is 0 Å². The Morgan fingerprint density at radius 2 is 2.07 bits per heavy atom. The number of aryl methyl sites for hydroxylation is 1. The van der Waals surface area contributed by atoms with Gasteiger partial charge in [-0.1, -0.05) is 31.0 Å². The van der Waals surface area contributed by atoms with E-state index in [1.807, 2.05) is 0 Å². The average Bonchev–Trinajstić information content (AvgIpc) is 3.41. The van der Waals surface area contributed by atoms with Gasteiger partial charge in [0.15, 0.2) is 5.16 Å². The van der Waals surface area contributed by atoms with E-state index < -0.39 is 0 Å². The molecule has 2 N–H and O–H groups in total. The predicted molar refractivity (Wildman–Crippen MR) is 117 cm³/mol. The van der Waals surface area contributed by atoms with Crippen LogP contribution in [-0.4, -0.2) is 39.0 Å². The number of hydrogen-bond acceptors (Lipinski definition) is 7. The molecule has 8 nitrogen and oxygen atoms in total. The first-order valence-electron chi connectivity index (χ1n) is 10.5. The number of anilines is 1. The Hall–Kier alpha value is -2.07. The number of amides is 1. The summed E-state index contributed by atoms with van der Waals surface area (Å²) in [6.07, 6.45) is 8.12. The summed E-state index contributed by atoms with van der Waals surface area (Å²) in [5.41, 5.74) is 1.30. The fourth-order valence-electron chi connectivity index (χ4n) is 4.26. The van der Waals surface area contributed by atoms with Crippen LogP contribution in [0.1, 0.15) is 72.3 Å². The number of aromatic amines is 1. The van der Waals surface area contributed by atoms with Crippen LogP contribution in [0.3, 0.4) is 0 Å². The molecule has 0 aliphatic heterocycles. The molecule has 0 unspecified atom stereocenters. The number of thiophene rings is 1. The molecule has 0 aromatic carbocycles. The van der Waals surface area contributed by atoms with Crippen LogP contribution in [0.2, 0.25) is 0 Å². The summed E-state index contributed by atoms with van der Waals surface area (Å²) >= 11 is 2.70. The van der Waals surface area contributed by atoms with E-state index in [4.69, 9.17) is 4.74 Å². The van der Waals surface area contributed by atoms with Crippen molar-refractivity contribution in [1.82, 2.24) is 14.8 Å². The number of aromatic nitrogens is 3. The predicted octanol–water partition coefficient (Wildman–Crippen LogP) is 3.53. The summed E-state index contributed by atoms with van der Waals surface area (Å²) in [7, 11) is 0. The van der Waals surface area contributed by atoms with Gasteiger partial charge in [0, 0.05) is 10.9 Å². The molecule has 2 aromatic rings. The van der Waals surface area contributed by atoms with Crippen LogP contribution in [0, 0.1) is 0 Å². The van der Waals surface area contributed by atoms with Gasteiger partial charge >= 0.3 is 11.7 Å². The molecule has 2 aliphatic carbocycles. The lowest BCUT2D eigenvalue weighted by atomic mass is 9.95. The SMILES string of the molecule is CCOC(=O)c1c(NC(=O)CSc2n[nH]c(=O)n2C2CCCCC2)sc2c1CCC2. The Kier molecular flexibility index (Phi) is 6.62. The zero-order chi connectivity index (χ0) is 21.1. The van der Waals surface area contributed by atoms with Crippen LogP contribution >= 0.6 is 23.1 Å². The maximum absolute atomic E-state index is 12.6. The number of carbonyl (C=O) groups is 2. The second-order valence-electron chi connectivity index (χ2n) is 7.59. The molecule has 0 spiro atoms. The lowest BCUT2D eigenvalue weighted by Gasteiger charge is -2.22. The fourth-order valence-corrected chi connectivity index (χ4v) is 6.36. The first-order chi connectivity index (χ1) is 14.6. The van der Waals surface area contributed by atoms with E-state index in [9.17, 15) is 14.4 Å². The Labute approximate surface area is 182 Å². The van der Waals surface area contributed by atoms with Gasteiger partial charge in [-0.25, -0.2) is 14.7 Å². The third kappa shape index (κ3) is 4.34. The molecule has 0 saturated heterocycles. The summed E-state index contributed by atoms with van der Waals surface area (Å²) in [5.74, 6) is -0.489. The minimum Gasteiger partial charge on any atom is -0.462 e. The van der Waals surface area contributed by atoms with Crippen LogP contribution in [0.4, 0.5) is 5.00 Å². The number of nitrogens with one attached hydrogen (secondary N) is 2. The van der Waals surface area contributed by atoms with Crippen molar-refractivity contribution in [2.45, 2.75) is 69.5 Å². The molecular formula is C20H26N4O4S2. The highest BCUT2D eigenvalue weighted by molar-refractivity contribution is 7.99. The van der Waals surface area contributed by atoms with Crippen LogP contribution in [0.25, 0.3) is 0 Å². The van der Waals surface area contributed by atoms with E-state index in [0.717, 1.165) is 55.4 Å². The topological polar surface area (TPSA) is 106 Å². The third-order valence-electron chi connectivity index (χ3n) is 5.60. The van der Waals surface area contributed by atoms with E-state index >= 15 is 0 Å². The van der Waals surface area contributed by atoms with Gasteiger partial charge in [0.1, 0.15) is 5.00 Å². The van der Waals surface area contributed by atoms with E-state index in [2.05, 4.69) is 15.5 Å². The molecule has 0 atom stereocenters. The highest BCUT2D eigenvalue weighted by atomic mass is 32.2. The summed E-state index contributed by atoms with van der Waals surface area (Å²) in [5, 5.41) is 10.6. The van der Waals surface area contributed by atoms with Crippen molar-refractivity contribution >= 4 is 40.0 Å². The van der Waals surface area contributed by atoms with E-state index in [1.165, 1.54) is 29.5 Å². The minimum atomic E-state index is -0.377. The molecule has 30 heavy (non-hydrogen) atoms. The molecular weight excluding hydrogens is 424 g/mol. The van der Waals surface area contributed by atoms with E-state index in [-0.39, 0.29) is 29.4 Å². The number of fused-ring (bicyclic) bond motifs is 1. The molecule has 1 amide bonds. The largest absolute Gasteiger partial charge is 0.462 e. The van der Waals surface area contributed by atoms with Crippen molar-refractivity contribution in [2.75, 3.05) is 17.7 Å². The zero-order valence-corrected chi connectivity index (χ0v) is 18.6. The summed E-state index contributed by atoms with van der Waals surface area (Å²) in [6.45, 7) is 2.07. The van der Waals surface area contributed by atoms with Crippen LogP contribution in [0.5, 0.6) is 0 Å². The molecule has 0 bridgehead atoms. The molecule has 1 saturated carbocycles. The summed E-state index contributed by atoms with van der Waals surface area (Å²) < 4.78 is 6.90. The standard InChI is InChI=1S/C20H26N4O4S2/c1-2-28-18(26)16-13-9-6-10-14(13)30-17(16)21-15(25)11-29-20-23-22-19(27)24(20)12-7-4-3-5-8-12/h12H,2-11H2,1H3,(H,21,25)(H,22,27). The van der Waals surface area contributed by atoms with Gasteiger partial charge in [0.2, 0.25) is 5.91 Å². The molecule has 162 valence electrons. The van der Waals surface area contributed by atoms with Gasteiger partial charge in [0.25, 0.3) is 0 Å². The van der Waals surface area contributed by atoms with Crippen molar-refractivity contribution in [2.24, 2.45) is 0 Å². The molecule has 10 heteroatoms. The molecule has 2 aliphatic rings. The summed E-state index contributed by atoms with van der Waals surface area (Å²) in [6, 6.07) is 0.145. The van der Waals surface area contributed by atoms with Crippen molar-refractivity contribution in [3.8, 4) is 0 Å². The molecule has 1 fully saturated rings. The first kappa shape index (κ1) is 21.2. The van der Waals surface area contributed by atoms with Gasteiger partial charge in [0.05, 0.1) is 17.9 Å². The van der Waals surface area contributed by atoms with Crippen molar-refractivity contribution in [3.05, 3.63) is 26.5 Å². The number of carbonyl (C=O) groups excluding carboxylic acids is 2. The number of nitrogens with zero attached hydrogens (tertiary/aromatic N) is 2. The number of ether oxygens (including phenoxy) is 1. The maximum Gasteiger partial charge on any atom is 0.344 e. The third-order valence-corrected chi connectivity index (χ3v) is 7.76. The lowest BCUT2D eigenvalue weighted by Crippen LogP contribution is -2.25. The van der Waals surface area contributed by atoms with Gasteiger partial charge in [-0.05, 0) is 44.6 Å². The Bertz CT molecular complexity index is 988. The first-order valence-corrected chi connectivity index (χ1v) is 12.3. The highest BCUT2D eigenvalue weighted by Gasteiger charge is 2.28. The van der Waals surface area contributed by atoms with Gasteiger partial charge in [-0.15, -0.1) is 16.4 Å². The average molecular weight is 451 g/mol. The quantitative estimate of drug-likeness (QED) is 0.494. The Morgan fingerprint density at radius 3 is 2.83 bits per heavy atom. The molecule has 2 heterocycles. The Morgan fingerprint density at radius 1 is 1.27 bits per heavy atom. The number of hydrogen-bond donors (Lipinski definition) is 2. The molecule has 2 aromatic heterocycles. The Balaban J connectivity index is 1.44. The van der Waals surface area contributed by atoms with E-state index in [0.29, 0.717) is 22.3 Å². The van der Waals surface area contributed by atoms with Crippen LogP contribution < -0.4 is 11.0 Å². The fraction of sp³-hybridized carbons (Fsp3) is 0.600. The highest BCUT2D eigenvalue weighted by Crippen LogP contribution is 2.39. The number of thioether (sulfide) groups is 1. The molecule has 4 rings (SSSR count). The van der Waals surface area contributed by atoms with Gasteiger partial charge in [-0.3, -0.25) is 9.36 Å². The second kappa shape index (κ2) is 9.38. The van der Waals surface area contributed by atoms with Crippen LogP contribution in [0.15, 0.2) is 9.95 Å². The normalized spacial score (nSPS) is 16.4. The monoisotopic (exact) mass is 450 g/mol. The zero-order valence-electron chi connectivity index (χ0n) is 17.0. The van der Waals surface area contributed by atoms with Crippen molar-refractivity contribution in [1.29, 1.82) is 0 Å². The number of H-pyrrole nitrogens is 1. The van der Waals surface area contributed by atoms with Gasteiger partial charge < -0.3 is 10.1 Å². The second-order valence-corrected chi connectivity index (χ2v) is 9.64. The van der Waals surface area contributed by atoms with E-state index in [1.54, 1.807) is 11.5 Å². The molecule has 0 radical (unpaired) electrons. The van der Waals surface area contributed by atoms with Crippen molar-refractivity contribution < 1.29 is 14.3 Å². The van der Waals surface area contributed by atoms with Crippen molar-refractivity contribution in [3.63, 3.8) is 0 Å². The number of rotatable bonds is 7. The lowest BCUT2D eigenvalue weighted by molar-refractivity contribution is -0.113. The van der Waals surface area contributed by atoms with Crippen LogP contribution in [-0.2, 0) is 22.4 Å². The summed E-state index contributed by atoms with van der Waals surface area (Å²) in [4.78, 5) is 38.5. The number of esters is 1.